The third-order valence-corrected chi connectivity index (χ3v) is 5.25. The van der Waals surface area contributed by atoms with E-state index in [-0.39, 0.29) is 11.0 Å². The minimum atomic E-state index is -4.52. The molecule has 0 amide bonds. The molecule has 3 rings (SSSR count). The Hall–Kier alpha value is -1.81. The molecular formula is C18H13F3IN3S. The zero-order valence-corrected chi connectivity index (χ0v) is 16.5. The second-order valence-corrected chi connectivity index (χ2v) is 7.64. The molecule has 134 valence electrons. The predicted molar refractivity (Wildman–Crippen MR) is 105 cm³/mol. The molecule has 0 radical (unpaired) electrons. The fourth-order valence-electron chi connectivity index (χ4n) is 2.17. The third-order valence-electron chi connectivity index (χ3n) is 3.52. The second kappa shape index (κ2) is 7.83. The van der Waals surface area contributed by atoms with Crippen LogP contribution >= 0.6 is 34.4 Å². The van der Waals surface area contributed by atoms with Gasteiger partial charge in [-0.15, -0.1) is 0 Å². The van der Waals surface area contributed by atoms with Crippen molar-refractivity contribution in [2.24, 2.45) is 0 Å². The van der Waals surface area contributed by atoms with E-state index >= 15 is 0 Å². The monoisotopic (exact) mass is 487 g/mol. The van der Waals surface area contributed by atoms with Crippen molar-refractivity contribution in [2.45, 2.75) is 16.1 Å². The third kappa shape index (κ3) is 4.47. The number of aromatic nitrogens is 2. The summed E-state index contributed by atoms with van der Waals surface area (Å²) in [6.45, 7) is 0. The van der Waals surface area contributed by atoms with E-state index in [0.29, 0.717) is 4.90 Å². The first-order valence-electron chi connectivity index (χ1n) is 7.51. The van der Waals surface area contributed by atoms with Crippen LogP contribution in [0.4, 0.5) is 24.8 Å². The van der Waals surface area contributed by atoms with Crippen LogP contribution in [0.1, 0.15) is 5.56 Å². The van der Waals surface area contributed by atoms with Gasteiger partial charge in [0.25, 0.3) is 0 Å². The summed E-state index contributed by atoms with van der Waals surface area (Å²) in [6, 6.07) is 16.4. The normalized spacial score (nSPS) is 11.4. The van der Waals surface area contributed by atoms with E-state index in [0.717, 1.165) is 27.2 Å². The van der Waals surface area contributed by atoms with Crippen molar-refractivity contribution in [3.63, 3.8) is 0 Å². The van der Waals surface area contributed by atoms with Crippen LogP contribution in [0.25, 0.3) is 0 Å². The van der Waals surface area contributed by atoms with E-state index in [2.05, 4.69) is 32.6 Å². The first-order chi connectivity index (χ1) is 12.3. The SMILES string of the molecule is CN(c1ccc(I)cc1)c1ncc(C(F)(F)F)c(Sc2ccccc2)n1. The van der Waals surface area contributed by atoms with Gasteiger partial charge < -0.3 is 4.90 Å². The van der Waals surface area contributed by atoms with Gasteiger partial charge >= 0.3 is 6.18 Å². The topological polar surface area (TPSA) is 29.0 Å². The zero-order chi connectivity index (χ0) is 18.7. The number of nitrogens with zero attached hydrogens (tertiary/aromatic N) is 3. The first-order valence-corrected chi connectivity index (χ1v) is 9.40. The highest BCUT2D eigenvalue weighted by molar-refractivity contribution is 14.1. The molecule has 8 heteroatoms. The van der Waals surface area contributed by atoms with Crippen molar-refractivity contribution >= 4 is 46.0 Å². The van der Waals surface area contributed by atoms with Crippen LogP contribution in [0.2, 0.25) is 0 Å². The van der Waals surface area contributed by atoms with Crippen molar-refractivity contribution in [1.29, 1.82) is 0 Å². The van der Waals surface area contributed by atoms with Gasteiger partial charge in [-0.2, -0.15) is 13.2 Å². The zero-order valence-electron chi connectivity index (χ0n) is 13.5. The fourth-order valence-corrected chi connectivity index (χ4v) is 3.45. The highest BCUT2D eigenvalue weighted by atomic mass is 127. The molecule has 0 N–H and O–H groups in total. The molecule has 0 aliphatic rings. The Labute approximate surface area is 166 Å². The minimum absolute atomic E-state index is 0.119. The number of rotatable bonds is 4. The maximum atomic E-state index is 13.3. The summed E-state index contributed by atoms with van der Waals surface area (Å²) in [5.74, 6) is 0.206. The van der Waals surface area contributed by atoms with Gasteiger partial charge in [0, 0.05) is 27.4 Å². The Kier molecular flexibility index (Phi) is 5.71. The van der Waals surface area contributed by atoms with Crippen LogP contribution in [0, 0.1) is 3.57 Å². The largest absolute Gasteiger partial charge is 0.420 e. The molecule has 0 atom stereocenters. The lowest BCUT2D eigenvalue weighted by molar-refractivity contribution is -0.140. The van der Waals surface area contributed by atoms with Crippen LogP contribution in [0.15, 0.2) is 70.7 Å². The molecule has 1 heterocycles. The number of anilines is 2. The molecule has 0 unspecified atom stereocenters. The molecule has 26 heavy (non-hydrogen) atoms. The van der Waals surface area contributed by atoms with Crippen LogP contribution in [-0.4, -0.2) is 17.0 Å². The summed E-state index contributed by atoms with van der Waals surface area (Å²) in [5, 5.41) is -0.119. The van der Waals surface area contributed by atoms with Crippen molar-refractivity contribution in [3.05, 3.63) is 69.9 Å². The van der Waals surface area contributed by atoms with Crippen LogP contribution < -0.4 is 4.90 Å². The Morgan fingerprint density at radius 1 is 1.00 bits per heavy atom. The molecule has 1 aromatic heterocycles. The van der Waals surface area contributed by atoms with Crippen molar-refractivity contribution in [3.8, 4) is 0 Å². The second-order valence-electron chi connectivity index (χ2n) is 5.34. The Balaban J connectivity index is 2.00. The Bertz CT molecular complexity index is 886. The quantitative estimate of drug-likeness (QED) is 0.333. The van der Waals surface area contributed by atoms with Crippen LogP contribution in [-0.2, 0) is 6.18 Å². The molecule has 0 spiro atoms. The summed E-state index contributed by atoms with van der Waals surface area (Å²) in [6.07, 6.45) is -3.67. The van der Waals surface area contributed by atoms with Gasteiger partial charge in [0.15, 0.2) is 0 Å². The van der Waals surface area contributed by atoms with E-state index in [4.69, 9.17) is 0 Å². The smallest absolute Gasteiger partial charge is 0.314 e. The molecule has 0 fully saturated rings. The van der Waals surface area contributed by atoms with Gasteiger partial charge in [0.1, 0.15) is 10.6 Å². The van der Waals surface area contributed by atoms with Gasteiger partial charge in [0.05, 0.1) is 0 Å². The van der Waals surface area contributed by atoms with E-state index < -0.39 is 11.7 Å². The molecule has 2 aromatic carbocycles. The van der Waals surface area contributed by atoms with Crippen molar-refractivity contribution in [1.82, 2.24) is 9.97 Å². The summed E-state index contributed by atoms with van der Waals surface area (Å²) >= 11 is 3.16. The van der Waals surface area contributed by atoms with E-state index in [1.165, 1.54) is 0 Å². The lowest BCUT2D eigenvalue weighted by Gasteiger charge is -2.19. The van der Waals surface area contributed by atoms with Gasteiger partial charge in [-0.3, -0.25) is 0 Å². The van der Waals surface area contributed by atoms with E-state index in [1.807, 2.05) is 30.3 Å². The maximum absolute atomic E-state index is 13.3. The number of halogens is 4. The molecular weight excluding hydrogens is 474 g/mol. The van der Waals surface area contributed by atoms with Gasteiger partial charge in [0.2, 0.25) is 5.95 Å². The maximum Gasteiger partial charge on any atom is 0.420 e. The number of benzene rings is 2. The molecule has 3 nitrogen and oxygen atoms in total. The van der Waals surface area contributed by atoms with Crippen LogP contribution in [0.5, 0.6) is 0 Å². The molecule has 0 saturated carbocycles. The van der Waals surface area contributed by atoms with Crippen molar-refractivity contribution < 1.29 is 13.2 Å². The highest BCUT2D eigenvalue weighted by Crippen LogP contribution is 2.39. The van der Waals surface area contributed by atoms with E-state index in [1.54, 1.807) is 36.2 Å². The van der Waals surface area contributed by atoms with Gasteiger partial charge in [-0.05, 0) is 59.0 Å². The summed E-state index contributed by atoms with van der Waals surface area (Å²) in [5.41, 5.74) is -0.0491. The first kappa shape index (κ1) is 19.0. The summed E-state index contributed by atoms with van der Waals surface area (Å²) in [4.78, 5) is 10.5. The highest BCUT2D eigenvalue weighted by Gasteiger charge is 2.35. The van der Waals surface area contributed by atoms with Gasteiger partial charge in [-0.25, -0.2) is 9.97 Å². The summed E-state index contributed by atoms with van der Waals surface area (Å²) < 4.78 is 41.1. The molecule has 3 aromatic rings. The Morgan fingerprint density at radius 3 is 2.27 bits per heavy atom. The molecule has 0 saturated heterocycles. The standard InChI is InChI=1S/C18H13F3IN3S/c1-25(13-9-7-12(22)8-10-13)17-23-11-15(18(19,20)21)16(24-17)26-14-5-3-2-4-6-14/h2-11H,1H3. The number of alkyl halides is 3. The van der Waals surface area contributed by atoms with Crippen LogP contribution in [0.3, 0.4) is 0 Å². The molecule has 0 bridgehead atoms. The fraction of sp³-hybridized carbons (Fsp3) is 0.111. The lowest BCUT2D eigenvalue weighted by atomic mass is 10.3. The van der Waals surface area contributed by atoms with E-state index in [9.17, 15) is 13.2 Å². The molecule has 0 aliphatic heterocycles. The van der Waals surface area contributed by atoms with Crippen molar-refractivity contribution in [2.75, 3.05) is 11.9 Å². The summed E-state index contributed by atoms with van der Waals surface area (Å²) in [7, 11) is 1.72. The Morgan fingerprint density at radius 2 is 1.65 bits per heavy atom. The number of hydrogen-bond acceptors (Lipinski definition) is 4. The molecule has 0 aliphatic carbocycles. The average Bonchev–Trinajstić information content (AvgIpc) is 2.61. The van der Waals surface area contributed by atoms with Gasteiger partial charge in [-0.1, -0.05) is 30.0 Å². The lowest BCUT2D eigenvalue weighted by Crippen LogP contribution is -2.16. The average molecular weight is 487 g/mol. The number of hydrogen-bond donors (Lipinski definition) is 0. The predicted octanol–water partition coefficient (Wildman–Crippen LogP) is 6.02. The minimum Gasteiger partial charge on any atom is -0.314 e.